The van der Waals surface area contributed by atoms with Gasteiger partial charge in [0.25, 0.3) is 0 Å². The first-order valence-corrected chi connectivity index (χ1v) is 10.7. The number of nitrogens with one attached hydrogen (secondary N) is 1. The third kappa shape index (κ3) is 4.08. The topological polar surface area (TPSA) is 87.5 Å². The Kier molecular flexibility index (Phi) is 6.18. The molecule has 2 aromatic carbocycles. The van der Waals surface area contributed by atoms with E-state index in [0.717, 1.165) is 11.1 Å². The lowest BCUT2D eigenvalue weighted by Gasteiger charge is -2.28. The van der Waals surface area contributed by atoms with Crippen molar-refractivity contribution in [3.8, 4) is 11.5 Å². The molecule has 1 atom stereocenters. The molecule has 32 heavy (non-hydrogen) atoms. The lowest BCUT2D eigenvalue weighted by molar-refractivity contribution is -0.136. The van der Waals surface area contributed by atoms with Crippen molar-refractivity contribution in [2.24, 2.45) is 0 Å². The van der Waals surface area contributed by atoms with Crippen LogP contribution >= 0.6 is 15.9 Å². The summed E-state index contributed by atoms with van der Waals surface area (Å²) in [5.74, 6) is 1.19. The van der Waals surface area contributed by atoms with E-state index < -0.39 is 12.0 Å². The number of ether oxygens (including phenoxy) is 3. The van der Waals surface area contributed by atoms with Crippen LogP contribution < -0.4 is 14.8 Å². The van der Waals surface area contributed by atoms with Gasteiger partial charge in [-0.1, -0.05) is 29.8 Å². The molecular weight excluding hydrogens is 476 g/mol. The van der Waals surface area contributed by atoms with Crippen LogP contribution in [0.1, 0.15) is 29.7 Å². The molecule has 0 fully saturated rings. The van der Waals surface area contributed by atoms with Gasteiger partial charge in [-0.2, -0.15) is 10.1 Å². The smallest absolute Gasteiger partial charge is 0.338 e. The first-order valence-electron chi connectivity index (χ1n) is 9.94. The first-order chi connectivity index (χ1) is 15.4. The number of carbonyl (C=O) groups is 1. The van der Waals surface area contributed by atoms with E-state index in [-0.39, 0.29) is 0 Å². The van der Waals surface area contributed by atoms with Gasteiger partial charge in [0.1, 0.15) is 19.0 Å². The lowest BCUT2D eigenvalue weighted by atomic mass is 9.95. The molecule has 0 spiro atoms. The Morgan fingerprint density at radius 2 is 1.94 bits per heavy atom. The van der Waals surface area contributed by atoms with Crippen molar-refractivity contribution in [2.75, 3.05) is 19.5 Å². The second-order valence-electron chi connectivity index (χ2n) is 7.39. The van der Waals surface area contributed by atoms with Crippen molar-refractivity contribution < 1.29 is 19.0 Å². The maximum atomic E-state index is 12.6. The van der Waals surface area contributed by atoms with Crippen LogP contribution in [0.15, 0.2) is 58.5 Å². The number of methoxy groups -OCH3 is 2. The van der Waals surface area contributed by atoms with Crippen LogP contribution in [0, 0.1) is 6.92 Å². The molecule has 4 rings (SSSR count). The van der Waals surface area contributed by atoms with Gasteiger partial charge in [0.05, 0.1) is 24.3 Å². The van der Waals surface area contributed by atoms with Crippen molar-refractivity contribution in [2.45, 2.75) is 26.5 Å². The van der Waals surface area contributed by atoms with Gasteiger partial charge in [-0.25, -0.2) is 9.48 Å². The number of fused-ring (bicyclic) bond motifs is 1. The second kappa shape index (κ2) is 9.04. The molecule has 0 aliphatic carbocycles. The van der Waals surface area contributed by atoms with E-state index in [2.05, 4.69) is 31.3 Å². The normalized spacial score (nSPS) is 15.1. The Balaban J connectivity index is 1.73. The quantitative estimate of drug-likeness (QED) is 0.503. The van der Waals surface area contributed by atoms with Gasteiger partial charge in [-0.15, -0.1) is 0 Å². The van der Waals surface area contributed by atoms with Gasteiger partial charge in [-0.05, 0) is 53.0 Å². The van der Waals surface area contributed by atoms with Crippen LogP contribution in [0.3, 0.4) is 0 Å². The molecule has 3 aromatic rings. The van der Waals surface area contributed by atoms with E-state index in [4.69, 9.17) is 14.2 Å². The van der Waals surface area contributed by atoms with Gasteiger partial charge >= 0.3 is 5.97 Å². The van der Waals surface area contributed by atoms with Crippen molar-refractivity contribution in [1.29, 1.82) is 0 Å². The molecule has 0 unspecified atom stereocenters. The molecule has 8 nitrogen and oxygen atoms in total. The molecule has 0 radical (unpaired) electrons. The summed E-state index contributed by atoms with van der Waals surface area (Å²) in [5.41, 5.74) is 4.09. The summed E-state index contributed by atoms with van der Waals surface area (Å²) in [6.45, 7) is 4.24. The highest BCUT2D eigenvalue weighted by Crippen LogP contribution is 2.43. The van der Waals surface area contributed by atoms with E-state index >= 15 is 0 Å². The molecule has 1 aliphatic rings. The fourth-order valence-corrected chi connectivity index (χ4v) is 4.23. The summed E-state index contributed by atoms with van der Waals surface area (Å²) in [5, 5.41) is 7.42. The predicted molar refractivity (Wildman–Crippen MR) is 123 cm³/mol. The van der Waals surface area contributed by atoms with Gasteiger partial charge in [0, 0.05) is 5.70 Å². The third-order valence-electron chi connectivity index (χ3n) is 5.27. The highest BCUT2D eigenvalue weighted by atomic mass is 79.9. The number of carbonyl (C=O) groups excluding carboxylic acids is 1. The van der Waals surface area contributed by atoms with E-state index in [0.29, 0.717) is 39.8 Å². The number of aryl methyl sites for hydroxylation is 1. The van der Waals surface area contributed by atoms with Crippen LogP contribution in [-0.4, -0.2) is 35.0 Å². The monoisotopic (exact) mass is 498 g/mol. The van der Waals surface area contributed by atoms with E-state index in [1.54, 1.807) is 11.8 Å². The largest absolute Gasteiger partial charge is 0.493 e. The van der Waals surface area contributed by atoms with Gasteiger partial charge < -0.3 is 19.5 Å². The van der Waals surface area contributed by atoms with Gasteiger partial charge in [0.2, 0.25) is 5.95 Å². The number of rotatable bonds is 6. The predicted octanol–water partition coefficient (Wildman–Crippen LogP) is 4.40. The number of hydrogen-bond acceptors (Lipinski definition) is 7. The average molecular weight is 499 g/mol. The molecule has 0 bridgehead atoms. The van der Waals surface area contributed by atoms with Crippen LogP contribution in [0.25, 0.3) is 0 Å². The minimum absolute atomic E-state index is 0.390. The summed E-state index contributed by atoms with van der Waals surface area (Å²) in [7, 11) is 2.94. The molecule has 0 amide bonds. The zero-order valence-corrected chi connectivity index (χ0v) is 19.8. The molecule has 1 aromatic heterocycles. The Hall–Kier alpha value is -3.33. The Morgan fingerprint density at radius 3 is 2.62 bits per heavy atom. The molecule has 1 aliphatic heterocycles. The van der Waals surface area contributed by atoms with Crippen molar-refractivity contribution in [3.05, 3.63) is 75.2 Å². The standard InChI is InChI=1S/C23H23BrN4O4/c1-13-5-7-15(8-6-13)11-32-21-17(24)9-16(10-18(21)30-3)20-19(22(29)31-4)14(2)27-23-25-12-26-28(20)23/h5-10,12,20H,11H2,1-4H3,(H,25,26,27)/t20-/m0/s1. The zero-order valence-electron chi connectivity index (χ0n) is 18.2. The fourth-order valence-electron chi connectivity index (χ4n) is 3.65. The first kappa shape index (κ1) is 21.9. The Bertz CT molecular complexity index is 1190. The molecule has 2 heterocycles. The molecule has 9 heteroatoms. The van der Waals surface area contributed by atoms with Crippen LogP contribution in [0.2, 0.25) is 0 Å². The van der Waals surface area contributed by atoms with Crippen molar-refractivity contribution in [1.82, 2.24) is 14.8 Å². The fraction of sp³-hybridized carbons (Fsp3) is 0.261. The van der Waals surface area contributed by atoms with Gasteiger partial charge in [-0.3, -0.25) is 0 Å². The summed E-state index contributed by atoms with van der Waals surface area (Å²) in [6.07, 6.45) is 1.44. The van der Waals surface area contributed by atoms with Crippen LogP contribution in [-0.2, 0) is 16.1 Å². The Morgan fingerprint density at radius 1 is 1.19 bits per heavy atom. The SMILES string of the molecule is COC(=O)C1=C(C)Nc2ncnn2[C@H]1c1cc(Br)c(OCc2ccc(C)cc2)c(OC)c1. The summed E-state index contributed by atoms with van der Waals surface area (Å²) >= 11 is 3.61. The zero-order chi connectivity index (χ0) is 22.8. The molecule has 166 valence electrons. The Labute approximate surface area is 194 Å². The van der Waals surface area contributed by atoms with E-state index in [1.165, 1.54) is 19.0 Å². The number of esters is 1. The minimum Gasteiger partial charge on any atom is -0.493 e. The molecule has 0 saturated carbocycles. The molecule has 0 saturated heterocycles. The highest BCUT2D eigenvalue weighted by molar-refractivity contribution is 9.10. The second-order valence-corrected chi connectivity index (χ2v) is 8.25. The van der Waals surface area contributed by atoms with Crippen molar-refractivity contribution in [3.63, 3.8) is 0 Å². The number of benzene rings is 2. The van der Waals surface area contributed by atoms with Crippen LogP contribution in [0.4, 0.5) is 5.95 Å². The maximum Gasteiger partial charge on any atom is 0.338 e. The molecule has 1 N–H and O–H groups in total. The van der Waals surface area contributed by atoms with Crippen LogP contribution in [0.5, 0.6) is 11.5 Å². The molecular formula is C23H23BrN4O4. The van der Waals surface area contributed by atoms with E-state index in [1.807, 2.05) is 50.2 Å². The van der Waals surface area contributed by atoms with Crippen molar-refractivity contribution >= 4 is 27.8 Å². The maximum absolute atomic E-state index is 12.6. The highest BCUT2D eigenvalue weighted by Gasteiger charge is 2.35. The summed E-state index contributed by atoms with van der Waals surface area (Å²) < 4.78 is 19.1. The number of nitrogens with zero attached hydrogens (tertiary/aromatic N) is 3. The number of allylic oxidation sites excluding steroid dienone is 1. The minimum atomic E-state index is -0.544. The average Bonchev–Trinajstić information content (AvgIpc) is 3.25. The lowest BCUT2D eigenvalue weighted by Crippen LogP contribution is -2.29. The van der Waals surface area contributed by atoms with Gasteiger partial charge in [0.15, 0.2) is 11.5 Å². The van der Waals surface area contributed by atoms with E-state index in [9.17, 15) is 4.79 Å². The summed E-state index contributed by atoms with van der Waals surface area (Å²) in [4.78, 5) is 16.9. The summed E-state index contributed by atoms with van der Waals surface area (Å²) in [6, 6.07) is 11.3. The number of halogens is 1. The third-order valence-corrected chi connectivity index (χ3v) is 5.86. The number of aromatic nitrogens is 3. The number of hydrogen-bond donors (Lipinski definition) is 1. The number of anilines is 1.